The summed E-state index contributed by atoms with van der Waals surface area (Å²) in [7, 11) is 0. The molecular weight excluding hydrogens is 294 g/mol. The van der Waals surface area contributed by atoms with Crippen LogP contribution in [0, 0.1) is 11.6 Å². The van der Waals surface area contributed by atoms with Crippen LogP contribution in [-0.4, -0.2) is 42.6 Å². The van der Waals surface area contributed by atoms with E-state index in [1.807, 2.05) is 0 Å². The van der Waals surface area contributed by atoms with Gasteiger partial charge in [0.2, 0.25) is 0 Å². The molecule has 2 amide bonds. The molecule has 120 valence electrons. The number of halogens is 2. The quantitative estimate of drug-likeness (QED) is 0.932. The van der Waals surface area contributed by atoms with Gasteiger partial charge in [-0.05, 0) is 31.9 Å². The first-order chi connectivity index (χ1) is 10.5. The normalized spacial score (nSPS) is 18.0. The van der Waals surface area contributed by atoms with Crippen molar-refractivity contribution in [3.8, 4) is 0 Å². The van der Waals surface area contributed by atoms with Gasteiger partial charge in [-0.15, -0.1) is 0 Å². The van der Waals surface area contributed by atoms with E-state index in [0.717, 1.165) is 12.1 Å². The Balaban J connectivity index is 2.02. The number of ether oxygens (including phenoxy) is 1. The molecule has 7 heteroatoms. The van der Waals surface area contributed by atoms with E-state index in [4.69, 9.17) is 4.74 Å². The zero-order chi connectivity index (χ0) is 16.1. The predicted molar refractivity (Wildman–Crippen MR) is 75.4 cm³/mol. The topological polar surface area (TPSA) is 58.6 Å². The lowest BCUT2D eigenvalue weighted by atomic mass is 10.0. The summed E-state index contributed by atoms with van der Waals surface area (Å²) < 4.78 is 31.4. The largest absolute Gasteiger partial charge is 0.450 e. The Morgan fingerprint density at radius 1 is 1.41 bits per heavy atom. The maximum atomic E-state index is 13.7. The van der Waals surface area contributed by atoms with E-state index in [1.165, 1.54) is 4.90 Å². The van der Waals surface area contributed by atoms with E-state index in [-0.39, 0.29) is 24.8 Å². The van der Waals surface area contributed by atoms with Crippen molar-refractivity contribution in [2.75, 3.05) is 19.7 Å². The number of rotatable bonds is 3. The molecule has 0 unspecified atom stereocenters. The Hall–Kier alpha value is -2.18. The van der Waals surface area contributed by atoms with Crippen LogP contribution in [0.5, 0.6) is 0 Å². The maximum Gasteiger partial charge on any atom is 0.407 e. The molecule has 0 spiro atoms. The van der Waals surface area contributed by atoms with Crippen molar-refractivity contribution < 1.29 is 23.1 Å². The number of hydrogen-bond donors (Lipinski definition) is 1. The number of amides is 2. The average Bonchev–Trinajstić information content (AvgIpc) is 2.47. The van der Waals surface area contributed by atoms with Crippen molar-refractivity contribution in [1.29, 1.82) is 0 Å². The van der Waals surface area contributed by atoms with Crippen molar-refractivity contribution in [3.63, 3.8) is 0 Å². The van der Waals surface area contributed by atoms with Gasteiger partial charge in [0.15, 0.2) is 0 Å². The molecule has 0 saturated carbocycles. The van der Waals surface area contributed by atoms with Gasteiger partial charge in [0, 0.05) is 25.2 Å². The number of likely N-dealkylation sites (tertiary alicyclic amines) is 1. The van der Waals surface area contributed by atoms with Crippen molar-refractivity contribution in [2.45, 2.75) is 25.8 Å². The Labute approximate surface area is 127 Å². The average molecular weight is 312 g/mol. The molecule has 22 heavy (non-hydrogen) atoms. The lowest BCUT2D eigenvalue weighted by molar-refractivity contribution is 0.0681. The first-order valence-electron chi connectivity index (χ1n) is 7.19. The minimum Gasteiger partial charge on any atom is -0.450 e. The second-order valence-corrected chi connectivity index (χ2v) is 5.08. The molecule has 1 aromatic rings. The molecule has 0 radical (unpaired) electrons. The van der Waals surface area contributed by atoms with E-state index in [1.54, 1.807) is 6.92 Å². The monoisotopic (exact) mass is 312 g/mol. The van der Waals surface area contributed by atoms with Crippen LogP contribution in [0.4, 0.5) is 13.6 Å². The van der Waals surface area contributed by atoms with Gasteiger partial charge in [0.1, 0.15) is 11.6 Å². The first kappa shape index (κ1) is 16.2. The molecule has 1 aliphatic heterocycles. The van der Waals surface area contributed by atoms with Gasteiger partial charge in [-0.2, -0.15) is 0 Å². The third kappa shape index (κ3) is 3.93. The molecule has 1 atom stereocenters. The summed E-state index contributed by atoms with van der Waals surface area (Å²) in [5.41, 5.74) is -0.168. The van der Waals surface area contributed by atoms with Crippen LogP contribution in [0.1, 0.15) is 30.1 Å². The van der Waals surface area contributed by atoms with Gasteiger partial charge < -0.3 is 15.0 Å². The van der Waals surface area contributed by atoms with Gasteiger partial charge in [-0.25, -0.2) is 13.6 Å². The van der Waals surface area contributed by atoms with Crippen LogP contribution in [-0.2, 0) is 4.74 Å². The Morgan fingerprint density at radius 3 is 2.86 bits per heavy atom. The molecule has 5 nitrogen and oxygen atoms in total. The molecule has 0 aliphatic carbocycles. The van der Waals surface area contributed by atoms with E-state index in [2.05, 4.69) is 5.32 Å². The molecular formula is C15H18F2N2O3. The molecule has 1 aliphatic rings. The standard InChI is InChI=1S/C15H18F2N2O3/c1-2-22-15(21)18-11-4-3-7-19(9-11)14(20)12-6-5-10(16)8-13(12)17/h5-6,8,11H,2-4,7,9H2,1H3,(H,18,21)/t11-/m1/s1. The van der Waals surface area contributed by atoms with Crippen LogP contribution < -0.4 is 5.32 Å². The zero-order valence-electron chi connectivity index (χ0n) is 12.3. The van der Waals surface area contributed by atoms with Crippen LogP contribution in [0.25, 0.3) is 0 Å². The van der Waals surface area contributed by atoms with Crippen LogP contribution in [0.2, 0.25) is 0 Å². The van der Waals surface area contributed by atoms with Crippen molar-refractivity contribution in [2.24, 2.45) is 0 Å². The third-order valence-corrected chi connectivity index (χ3v) is 3.47. The summed E-state index contributed by atoms with van der Waals surface area (Å²) in [6.07, 6.45) is 0.870. The van der Waals surface area contributed by atoms with Crippen LogP contribution in [0.15, 0.2) is 18.2 Å². The number of hydrogen-bond acceptors (Lipinski definition) is 3. The molecule has 0 bridgehead atoms. The minimum atomic E-state index is -0.884. The number of carbonyl (C=O) groups is 2. The van der Waals surface area contributed by atoms with Crippen molar-refractivity contribution in [1.82, 2.24) is 10.2 Å². The van der Waals surface area contributed by atoms with Crippen molar-refractivity contribution >= 4 is 12.0 Å². The highest BCUT2D eigenvalue weighted by Crippen LogP contribution is 2.17. The van der Waals surface area contributed by atoms with Crippen molar-refractivity contribution in [3.05, 3.63) is 35.4 Å². The van der Waals surface area contributed by atoms with Gasteiger partial charge in [0.25, 0.3) is 5.91 Å². The molecule has 1 fully saturated rings. The summed E-state index contributed by atoms with van der Waals surface area (Å²) in [6.45, 7) is 2.71. The number of carbonyl (C=O) groups excluding carboxylic acids is 2. The highest BCUT2D eigenvalue weighted by atomic mass is 19.1. The number of benzene rings is 1. The van der Waals surface area contributed by atoms with E-state index in [0.29, 0.717) is 25.5 Å². The van der Waals surface area contributed by atoms with Crippen LogP contribution in [0.3, 0.4) is 0 Å². The zero-order valence-corrected chi connectivity index (χ0v) is 12.3. The van der Waals surface area contributed by atoms with E-state index < -0.39 is 23.6 Å². The Bertz CT molecular complexity index is 566. The van der Waals surface area contributed by atoms with Crippen LogP contribution >= 0.6 is 0 Å². The highest BCUT2D eigenvalue weighted by molar-refractivity contribution is 5.94. The van der Waals surface area contributed by atoms with E-state index in [9.17, 15) is 18.4 Å². The Morgan fingerprint density at radius 2 is 2.18 bits per heavy atom. The smallest absolute Gasteiger partial charge is 0.407 e. The first-order valence-corrected chi connectivity index (χ1v) is 7.19. The predicted octanol–water partition coefficient (Wildman–Crippen LogP) is 2.32. The van der Waals surface area contributed by atoms with Gasteiger partial charge >= 0.3 is 6.09 Å². The minimum absolute atomic E-state index is 0.168. The fourth-order valence-corrected chi connectivity index (χ4v) is 2.45. The van der Waals surface area contributed by atoms with E-state index >= 15 is 0 Å². The molecule has 0 aromatic heterocycles. The SMILES string of the molecule is CCOC(=O)N[C@@H]1CCCN(C(=O)c2ccc(F)cc2F)C1. The fourth-order valence-electron chi connectivity index (χ4n) is 2.45. The molecule has 1 aromatic carbocycles. The second-order valence-electron chi connectivity index (χ2n) is 5.08. The molecule has 2 rings (SSSR count). The van der Waals surface area contributed by atoms with Gasteiger partial charge in [0.05, 0.1) is 12.2 Å². The number of alkyl carbamates (subject to hydrolysis) is 1. The summed E-state index contributed by atoms with van der Waals surface area (Å²) in [6, 6.07) is 2.63. The molecule has 1 saturated heterocycles. The summed E-state index contributed by atoms with van der Waals surface area (Å²) in [4.78, 5) is 25.2. The number of nitrogens with zero attached hydrogens (tertiary/aromatic N) is 1. The maximum absolute atomic E-state index is 13.7. The Kier molecular flexibility index (Phi) is 5.30. The molecule has 1 N–H and O–H groups in total. The summed E-state index contributed by atoms with van der Waals surface area (Å²) in [5.74, 6) is -2.12. The summed E-state index contributed by atoms with van der Waals surface area (Å²) >= 11 is 0. The fraction of sp³-hybridized carbons (Fsp3) is 0.467. The lowest BCUT2D eigenvalue weighted by Gasteiger charge is -2.33. The van der Waals surface area contributed by atoms with Gasteiger partial charge in [-0.1, -0.05) is 0 Å². The summed E-state index contributed by atoms with van der Waals surface area (Å²) in [5, 5.41) is 2.67. The second kappa shape index (κ2) is 7.20. The van der Waals surface area contributed by atoms with Gasteiger partial charge in [-0.3, -0.25) is 4.79 Å². The molecule has 1 heterocycles. The third-order valence-electron chi connectivity index (χ3n) is 3.47. The number of piperidine rings is 1. The lowest BCUT2D eigenvalue weighted by Crippen LogP contribution is -2.49. The highest BCUT2D eigenvalue weighted by Gasteiger charge is 2.27. The number of nitrogens with one attached hydrogen (secondary N) is 1.